The van der Waals surface area contributed by atoms with Gasteiger partial charge in [0.2, 0.25) is 0 Å². The molecule has 302 valence electrons. The van der Waals surface area contributed by atoms with Gasteiger partial charge in [-0.05, 0) is 116 Å². The molecule has 12 aromatic rings. The average molecular weight is 835 g/mol. The molecule has 0 aliphatic heterocycles. The highest BCUT2D eigenvalue weighted by molar-refractivity contribution is 7.26. The number of anilines is 3. The van der Waals surface area contributed by atoms with E-state index in [-0.39, 0.29) is 5.41 Å². The number of para-hydroxylation sites is 1. The van der Waals surface area contributed by atoms with Crippen molar-refractivity contribution in [1.82, 2.24) is 4.57 Å². The number of nitrogens with zero attached hydrogens (tertiary/aromatic N) is 2. The van der Waals surface area contributed by atoms with Crippen molar-refractivity contribution in [2.45, 2.75) is 19.3 Å². The molecule has 0 unspecified atom stereocenters. The van der Waals surface area contributed by atoms with Crippen LogP contribution in [0.25, 0.3) is 91.8 Å². The average Bonchev–Trinajstić information content (AvgIpc) is 3.97. The van der Waals surface area contributed by atoms with E-state index in [0.717, 1.165) is 17.1 Å². The van der Waals surface area contributed by atoms with Crippen LogP contribution in [0.15, 0.2) is 218 Å². The quantitative estimate of drug-likeness (QED) is 0.162. The van der Waals surface area contributed by atoms with Gasteiger partial charge in [-0.25, -0.2) is 0 Å². The van der Waals surface area contributed by atoms with Crippen molar-refractivity contribution >= 4 is 81.1 Å². The molecule has 0 saturated carbocycles. The van der Waals surface area contributed by atoms with Gasteiger partial charge in [-0.15, -0.1) is 11.3 Å². The Balaban J connectivity index is 1.04. The number of hydrogen-bond acceptors (Lipinski definition) is 2. The molecule has 0 radical (unpaired) electrons. The fourth-order valence-electron chi connectivity index (χ4n) is 10.7. The highest BCUT2D eigenvalue weighted by Gasteiger charge is 2.36. The predicted octanol–water partition coefficient (Wildman–Crippen LogP) is 17.4. The first kappa shape index (κ1) is 36.9. The molecule has 2 aromatic heterocycles. The lowest BCUT2D eigenvalue weighted by molar-refractivity contribution is 0.660. The molecule has 1 aliphatic carbocycles. The van der Waals surface area contributed by atoms with Crippen LogP contribution in [-0.4, -0.2) is 4.57 Å². The number of hydrogen-bond donors (Lipinski definition) is 0. The summed E-state index contributed by atoms with van der Waals surface area (Å²) in [6.45, 7) is 4.73. The second-order valence-corrected chi connectivity index (χ2v) is 18.8. The van der Waals surface area contributed by atoms with Crippen LogP contribution in [0, 0.1) is 0 Å². The first-order valence-electron chi connectivity index (χ1n) is 22.2. The fourth-order valence-corrected chi connectivity index (χ4v) is 11.9. The van der Waals surface area contributed by atoms with Gasteiger partial charge in [0.1, 0.15) is 0 Å². The number of fused-ring (bicyclic) bond motifs is 11. The minimum Gasteiger partial charge on any atom is -0.310 e. The van der Waals surface area contributed by atoms with Crippen molar-refractivity contribution in [1.29, 1.82) is 0 Å². The fraction of sp³-hybridized carbons (Fsp3) is 0.0492. The summed E-state index contributed by atoms with van der Waals surface area (Å²) in [7, 11) is 0. The molecule has 10 aromatic carbocycles. The molecule has 0 spiro atoms. The molecule has 0 fully saturated rings. The summed E-state index contributed by atoms with van der Waals surface area (Å²) >= 11 is 1.90. The molecular formula is C61H42N2S. The summed E-state index contributed by atoms with van der Waals surface area (Å²) in [5.41, 5.74) is 17.1. The maximum absolute atomic E-state index is 2.51. The van der Waals surface area contributed by atoms with Gasteiger partial charge >= 0.3 is 0 Å². The lowest BCUT2D eigenvalue weighted by atomic mass is 9.82. The monoisotopic (exact) mass is 834 g/mol. The minimum atomic E-state index is -0.124. The van der Waals surface area contributed by atoms with Crippen molar-refractivity contribution in [2.24, 2.45) is 0 Å². The smallest absolute Gasteiger partial charge is 0.0634 e. The van der Waals surface area contributed by atoms with E-state index in [1.807, 2.05) is 11.3 Å². The van der Waals surface area contributed by atoms with E-state index in [4.69, 9.17) is 0 Å². The summed E-state index contributed by atoms with van der Waals surface area (Å²) in [6.07, 6.45) is 0. The molecule has 0 N–H and O–H groups in total. The van der Waals surface area contributed by atoms with Gasteiger partial charge in [0.15, 0.2) is 0 Å². The van der Waals surface area contributed by atoms with E-state index in [2.05, 4.69) is 242 Å². The maximum atomic E-state index is 2.51. The van der Waals surface area contributed by atoms with Gasteiger partial charge in [-0.2, -0.15) is 0 Å². The van der Waals surface area contributed by atoms with Crippen LogP contribution in [0.2, 0.25) is 0 Å². The van der Waals surface area contributed by atoms with E-state index >= 15 is 0 Å². The zero-order valence-corrected chi connectivity index (χ0v) is 36.4. The molecule has 1 aliphatic rings. The Labute approximate surface area is 376 Å². The minimum absolute atomic E-state index is 0.124. The van der Waals surface area contributed by atoms with E-state index in [9.17, 15) is 0 Å². The predicted molar refractivity (Wildman–Crippen MR) is 274 cm³/mol. The van der Waals surface area contributed by atoms with Crippen molar-refractivity contribution in [2.75, 3.05) is 4.90 Å². The molecule has 3 heteroatoms. The maximum Gasteiger partial charge on any atom is 0.0634 e. The van der Waals surface area contributed by atoms with Crippen LogP contribution in [0.5, 0.6) is 0 Å². The van der Waals surface area contributed by atoms with E-state index in [0.29, 0.717) is 0 Å². The molecule has 2 heterocycles. The largest absolute Gasteiger partial charge is 0.310 e. The second-order valence-electron chi connectivity index (χ2n) is 17.7. The molecule has 0 bridgehead atoms. The normalized spacial score (nSPS) is 13.0. The number of aromatic nitrogens is 1. The Morgan fingerprint density at radius 3 is 1.97 bits per heavy atom. The third kappa shape index (κ3) is 5.57. The van der Waals surface area contributed by atoms with E-state index in [1.54, 1.807) is 0 Å². The lowest BCUT2D eigenvalue weighted by Gasteiger charge is -2.28. The van der Waals surface area contributed by atoms with E-state index < -0.39 is 0 Å². The zero-order chi connectivity index (χ0) is 42.5. The van der Waals surface area contributed by atoms with Crippen molar-refractivity contribution in [3.8, 4) is 39.1 Å². The molecule has 13 rings (SSSR count). The number of benzene rings is 10. The third-order valence-corrected chi connectivity index (χ3v) is 14.9. The molecule has 64 heavy (non-hydrogen) atoms. The third-order valence-electron chi connectivity index (χ3n) is 13.7. The van der Waals surface area contributed by atoms with Crippen LogP contribution in [0.1, 0.15) is 25.0 Å². The highest BCUT2D eigenvalue weighted by Crippen LogP contribution is 2.52. The SMILES string of the molecule is CC1(C)c2ccccc2-c2ccc(N(c3ccc(-c4ccccc4)cc3)c3cccc(-c4cc5c6ccccc6n(-c6ccc7ccccc7c6)c5c5c4sc4ccccc45)c3)cc21. The van der Waals surface area contributed by atoms with Crippen molar-refractivity contribution in [3.05, 3.63) is 230 Å². The molecular weight excluding hydrogens is 793 g/mol. The standard InChI is InChI=1S/C61H42N2S/c1-61(2)54-24-11-8-21-48(54)49-34-33-47(37-55(49)61)62(44-30-27-41(28-31-44)39-15-4-3-5-16-39)45-20-14-19-43(36-45)52-38-53-50-22-9-12-25-56(50)63(46-32-29-40-17-6-7-18-42(40)35-46)59(53)58-51-23-10-13-26-57(51)64-60(52)58/h3-38H,1-2H3. The van der Waals surface area contributed by atoms with Gasteiger partial charge in [0.05, 0.1) is 11.0 Å². The first-order valence-corrected chi connectivity index (χ1v) is 23.0. The summed E-state index contributed by atoms with van der Waals surface area (Å²) in [5.74, 6) is 0. The first-order chi connectivity index (χ1) is 31.5. The van der Waals surface area contributed by atoms with Crippen LogP contribution < -0.4 is 4.90 Å². The molecule has 0 saturated heterocycles. The van der Waals surface area contributed by atoms with E-state index in [1.165, 1.54) is 103 Å². The van der Waals surface area contributed by atoms with Crippen molar-refractivity contribution in [3.63, 3.8) is 0 Å². The van der Waals surface area contributed by atoms with Gasteiger partial charge < -0.3 is 9.47 Å². The Morgan fingerprint density at radius 1 is 0.422 bits per heavy atom. The van der Waals surface area contributed by atoms with Crippen LogP contribution in [0.3, 0.4) is 0 Å². The Bertz CT molecular complexity index is 3810. The summed E-state index contributed by atoms with van der Waals surface area (Å²) in [6, 6.07) is 80.9. The Kier molecular flexibility index (Phi) is 8.16. The summed E-state index contributed by atoms with van der Waals surface area (Å²) in [5, 5.41) is 7.58. The Morgan fingerprint density at radius 2 is 1.09 bits per heavy atom. The van der Waals surface area contributed by atoms with Gasteiger partial charge in [-0.3, -0.25) is 0 Å². The number of thiophene rings is 1. The van der Waals surface area contributed by atoms with Crippen LogP contribution >= 0.6 is 11.3 Å². The molecule has 0 atom stereocenters. The summed E-state index contributed by atoms with van der Waals surface area (Å²) < 4.78 is 5.10. The van der Waals surface area contributed by atoms with Gasteiger partial charge in [0, 0.05) is 64.7 Å². The summed E-state index contributed by atoms with van der Waals surface area (Å²) in [4.78, 5) is 2.45. The van der Waals surface area contributed by atoms with Gasteiger partial charge in [-0.1, -0.05) is 166 Å². The van der Waals surface area contributed by atoms with Crippen molar-refractivity contribution < 1.29 is 0 Å². The molecule has 2 nitrogen and oxygen atoms in total. The Hall–Kier alpha value is -7.72. The number of rotatable bonds is 6. The molecule has 0 amide bonds. The highest BCUT2D eigenvalue weighted by atomic mass is 32.1. The van der Waals surface area contributed by atoms with Gasteiger partial charge in [0.25, 0.3) is 0 Å². The second kappa shape index (κ2) is 14.2. The topological polar surface area (TPSA) is 8.17 Å². The lowest BCUT2D eigenvalue weighted by Crippen LogP contribution is -2.16. The van der Waals surface area contributed by atoms with Crippen LogP contribution in [0.4, 0.5) is 17.1 Å². The zero-order valence-electron chi connectivity index (χ0n) is 35.6. The van der Waals surface area contributed by atoms with Crippen LogP contribution in [-0.2, 0) is 5.41 Å².